The molecule has 110 valence electrons. The predicted molar refractivity (Wildman–Crippen MR) is 76.9 cm³/mol. The molecule has 1 heterocycles. The summed E-state index contributed by atoms with van der Waals surface area (Å²) in [5.41, 5.74) is 0. The smallest absolute Gasteiger partial charge is 0.246 e. The van der Waals surface area contributed by atoms with Gasteiger partial charge in [0.15, 0.2) is 0 Å². The first-order valence-electron chi connectivity index (χ1n) is 6.52. The molecule has 0 bridgehead atoms. The fourth-order valence-electron chi connectivity index (χ4n) is 1.86. The van der Waals surface area contributed by atoms with E-state index < -0.39 is 10.0 Å². The van der Waals surface area contributed by atoms with Crippen molar-refractivity contribution in [3.05, 3.63) is 17.6 Å². The number of aryl methyl sites for hydroxylation is 1. The molecule has 0 aliphatic carbocycles. The molecule has 0 N–H and O–H groups in total. The van der Waals surface area contributed by atoms with Crippen molar-refractivity contribution in [1.29, 1.82) is 0 Å². The highest BCUT2D eigenvalue weighted by molar-refractivity contribution is 7.89. The summed E-state index contributed by atoms with van der Waals surface area (Å²) in [6, 6.07) is 1.52. The highest BCUT2D eigenvalue weighted by Gasteiger charge is 2.28. The van der Waals surface area contributed by atoms with Crippen molar-refractivity contribution in [2.45, 2.75) is 44.9 Å². The number of alkyl halides is 1. The van der Waals surface area contributed by atoms with Crippen LogP contribution in [0.1, 0.15) is 38.7 Å². The monoisotopic (exact) mass is 307 g/mol. The van der Waals surface area contributed by atoms with Crippen LogP contribution in [0.2, 0.25) is 0 Å². The average Bonchev–Trinajstić information content (AvgIpc) is 2.77. The highest BCUT2D eigenvalue weighted by atomic mass is 35.5. The third-order valence-electron chi connectivity index (χ3n) is 3.24. The van der Waals surface area contributed by atoms with Crippen LogP contribution >= 0.6 is 11.6 Å². The lowest BCUT2D eigenvalue weighted by molar-refractivity contribution is 0.360. The molecular formula is C13H22ClNO3S. The van der Waals surface area contributed by atoms with Crippen LogP contribution in [0.5, 0.6) is 0 Å². The van der Waals surface area contributed by atoms with Crippen LogP contribution in [0.3, 0.4) is 0 Å². The minimum Gasteiger partial charge on any atom is -0.464 e. The fraction of sp³-hybridized carbons (Fsp3) is 0.692. The molecule has 1 unspecified atom stereocenters. The number of nitrogens with zero attached hydrogens (tertiary/aromatic N) is 1. The molecule has 19 heavy (non-hydrogen) atoms. The van der Waals surface area contributed by atoms with E-state index in [9.17, 15) is 8.42 Å². The highest BCUT2D eigenvalue weighted by Crippen LogP contribution is 2.25. The van der Waals surface area contributed by atoms with E-state index in [1.54, 1.807) is 6.92 Å². The molecule has 0 amide bonds. The summed E-state index contributed by atoms with van der Waals surface area (Å²) in [7, 11) is -3.50. The third kappa shape index (κ3) is 3.74. The van der Waals surface area contributed by atoms with Gasteiger partial charge in [0.2, 0.25) is 10.0 Å². The van der Waals surface area contributed by atoms with Gasteiger partial charge in [-0.3, -0.25) is 0 Å². The van der Waals surface area contributed by atoms with Gasteiger partial charge in [-0.1, -0.05) is 27.2 Å². The first-order valence-corrected chi connectivity index (χ1v) is 8.49. The minimum atomic E-state index is -3.50. The summed E-state index contributed by atoms with van der Waals surface area (Å²) in [6.45, 7) is 8.58. The van der Waals surface area contributed by atoms with Crippen LogP contribution in [-0.2, 0) is 15.9 Å². The second kappa shape index (κ2) is 6.77. The van der Waals surface area contributed by atoms with Crippen molar-refractivity contribution in [3.8, 4) is 0 Å². The van der Waals surface area contributed by atoms with Gasteiger partial charge in [0.25, 0.3) is 0 Å². The Labute approximate surface area is 120 Å². The van der Waals surface area contributed by atoms with Gasteiger partial charge in [0, 0.05) is 19.2 Å². The number of hydrogen-bond acceptors (Lipinski definition) is 3. The molecule has 4 nitrogen and oxygen atoms in total. The lowest BCUT2D eigenvalue weighted by atomic mass is 10.1. The summed E-state index contributed by atoms with van der Waals surface area (Å²) < 4.78 is 32.0. The van der Waals surface area contributed by atoms with E-state index in [0.29, 0.717) is 30.5 Å². The number of furan rings is 1. The Morgan fingerprint density at radius 2 is 2.05 bits per heavy atom. The maximum absolute atomic E-state index is 12.6. The van der Waals surface area contributed by atoms with Crippen LogP contribution in [-0.4, -0.2) is 25.8 Å². The van der Waals surface area contributed by atoms with E-state index in [-0.39, 0.29) is 10.8 Å². The van der Waals surface area contributed by atoms with E-state index in [1.807, 2.05) is 13.8 Å². The molecule has 0 aromatic carbocycles. The molecular weight excluding hydrogens is 286 g/mol. The van der Waals surface area contributed by atoms with Crippen molar-refractivity contribution >= 4 is 21.6 Å². The Balaban J connectivity index is 3.09. The zero-order valence-corrected chi connectivity index (χ0v) is 13.5. The summed E-state index contributed by atoms with van der Waals surface area (Å²) in [5, 5.41) is 0. The largest absolute Gasteiger partial charge is 0.464 e. The SMILES string of the molecule is CCC(C)CN(CC)S(=O)(=O)c1cc(CCl)oc1C. The number of sulfonamides is 1. The van der Waals surface area contributed by atoms with E-state index in [4.69, 9.17) is 16.0 Å². The molecule has 6 heteroatoms. The van der Waals surface area contributed by atoms with Gasteiger partial charge in [0.1, 0.15) is 16.4 Å². The van der Waals surface area contributed by atoms with E-state index in [1.165, 1.54) is 10.4 Å². The summed E-state index contributed by atoms with van der Waals surface area (Å²) >= 11 is 5.68. The maximum atomic E-state index is 12.6. The zero-order valence-electron chi connectivity index (χ0n) is 11.9. The molecule has 0 saturated heterocycles. The number of rotatable bonds is 7. The quantitative estimate of drug-likeness (QED) is 0.726. The predicted octanol–water partition coefficient (Wildman–Crippen LogP) is 3.38. The van der Waals surface area contributed by atoms with Gasteiger partial charge in [-0.2, -0.15) is 4.31 Å². The molecule has 0 aliphatic heterocycles. The normalized spacial score (nSPS) is 14.0. The van der Waals surface area contributed by atoms with Crippen LogP contribution in [0.4, 0.5) is 0 Å². The van der Waals surface area contributed by atoms with Crippen molar-refractivity contribution < 1.29 is 12.8 Å². The standard InChI is InChI=1S/C13H22ClNO3S/c1-5-10(3)9-15(6-2)19(16,17)13-7-12(8-14)18-11(13)4/h7,10H,5-6,8-9H2,1-4H3. The Hall–Kier alpha value is -0.520. The minimum absolute atomic E-state index is 0.174. The molecule has 1 aromatic rings. The first kappa shape index (κ1) is 16.5. The van der Waals surface area contributed by atoms with Crippen LogP contribution in [0.15, 0.2) is 15.4 Å². The molecule has 1 aromatic heterocycles. The molecule has 0 saturated carbocycles. The van der Waals surface area contributed by atoms with Crippen LogP contribution in [0, 0.1) is 12.8 Å². The van der Waals surface area contributed by atoms with Crippen LogP contribution < -0.4 is 0 Å². The van der Waals surface area contributed by atoms with Crippen molar-refractivity contribution in [1.82, 2.24) is 4.31 Å². The first-order chi connectivity index (χ1) is 8.86. The van der Waals surface area contributed by atoms with Crippen molar-refractivity contribution in [3.63, 3.8) is 0 Å². The van der Waals surface area contributed by atoms with E-state index in [0.717, 1.165) is 6.42 Å². The zero-order chi connectivity index (χ0) is 14.6. The number of halogens is 1. The molecule has 0 fully saturated rings. The fourth-order valence-corrected chi connectivity index (χ4v) is 3.75. The Bertz CT molecular complexity index is 510. The summed E-state index contributed by atoms with van der Waals surface area (Å²) in [6.07, 6.45) is 0.948. The van der Waals surface area contributed by atoms with Gasteiger partial charge in [-0.15, -0.1) is 11.6 Å². The Morgan fingerprint density at radius 1 is 1.42 bits per heavy atom. The van der Waals surface area contributed by atoms with Gasteiger partial charge < -0.3 is 4.42 Å². The molecule has 0 radical (unpaired) electrons. The van der Waals surface area contributed by atoms with Crippen LogP contribution in [0.25, 0.3) is 0 Å². The second-order valence-corrected chi connectivity index (χ2v) is 6.91. The van der Waals surface area contributed by atoms with Crippen molar-refractivity contribution in [2.24, 2.45) is 5.92 Å². The Morgan fingerprint density at radius 3 is 2.47 bits per heavy atom. The molecule has 1 atom stereocenters. The van der Waals surface area contributed by atoms with Gasteiger partial charge >= 0.3 is 0 Å². The topological polar surface area (TPSA) is 50.5 Å². The molecule has 0 aliphatic rings. The number of hydrogen-bond donors (Lipinski definition) is 0. The van der Waals surface area contributed by atoms with Crippen molar-refractivity contribution in [2.75, 3.05) is 13.1 Å². The lowest BCUT2D eigenvalue weighted by Gasteiger charge is -2.23. The lowest BCUT2D eigenvalue weighted by Crippen LogP contribution is -2.34. The van der Waals surface area contributed by atoms with E-state index in [2.05, 4.69) is 6.92 Å². The molecule has 1 rings (SSSR count). The Kier molecular flexibility index (Phi) is 5.89. The third-order valence-corrected chi connectivity index (χ3v) is 5.55. The second-order valence-electron chi connectivity index (χ2n) is 4.74. The van der Waals surface area contributed by atoms with Gasteiger partial charge in [-0.25, -0.2) is 8.42 Å². The molecule has 0 spiro atoms. The average molecular weight is 308 g/mol. The summed E-state index contributed by atoms with van der Waals surface area (Å²) in [4.78, 5) is 0.230. The van der Waals surface area contributed by atoms with Gasteiger partial charge in [0.05, 0.1) is 5.88 Å². The summed E-state index contributed by atoms with van der Waals surface area (Å²) in [5.74, 6) is 1.39. The maximum Gasteiger partial charge on any atom is 0.246 e. The van der Waals surface area contributed by atoms with Gasteiger partial charge in [-0.05, 0) is 12.8 Å². The van der Waals surface area contributed by atoms with E-state index >= 15 is 0 Å².